The molecule has 6 nitrogen and oxygen atoms in total. The quantitative estimate of drug-likeness (QED) is 0.392. The van der Waals surface area contributed by atoms with Gasteiger partial charge in [-0.25, -0.2) is 8.42 Å². The number of ether oxygens (including phenoxy) is 1. The van der Waals surface area contributed by atoms with Crippen LogP contribution in [0.25, 0.3) is 0 Å². The Hall–Kier alpha value is -2.26. The maximum atomic E-state index is 13.5. The molecular formula is C22H19BrCl2N2O4S. The highest BCUT2D eigenvalue weighted by molar-refractivity contribution is 9.10. The Morgan fingerprint density at radius 2 is 1.72 bits per heavy atom. The number of nitrogens with one attached hydrogen (secondary N) is 1. The molecule has 0 saturated heterocycles. The summed E-state index contributed by atoms with van der Waals surface area (Å²) in [7, 11) is -2.59. The molecule has 1 N–H and O–H groups in total. The summed E-state index contributed by atoms with van der Waals surface area (Å²) in [5.74, 6) is -0.0525. The van der Waals surface area contributed by atoms with Gasteiger partial charge in [0.1, 0.15) is 12.3 Å². The lowest BCUT2D eigenvalue weighted by Crippen LogP contribution is -2.38. The van der Waals surface area contributed by atoms with Gasteiger partial charge in [0.05, 0.1) is 32.2 Å². The molecule has 0 aromatic heterocycles. The Balaban J connectivity index is 1.96. The lowest BCUT2D eigenvalue weighted by molar-refractivity contribution is -0.114. The zero-order valence-electron chi connectivity index (χ0n) is 17.1. The van der Waals surface area contributed by atoms with Crippen molar-refractivity contribution in [2.45, 2.75) is 11.8 Å². The summed E-state index contributed by atoms with van der Waals surface area (Å²) in [5, 5.41) is 3.28. The van der Waals surface area contributed by atoms with Crippen LogP contribution < -0.4 is 14.4 Å². The van der Waals surface area contributed by atoms with Gasteiger partial charge in [0, 0.05) is 5.69 Å². The molecular weight excluding hydrogens is 539 g/mol. The van der Waals surface area contributed by atoms with Crippen molar-refractivity contribution < 1.29 is 17.9 Å². The van der Waals surface area contributed by atoms with E-state index in [1.165, 1.54) is 25.3 Å². The maximum absolute atomic E-state index is 13.5. The molecule has 32 heavy (non-hydrogen) atoms. The highest BCUT2D eigenvalue weighted by Crippen LogP contribution is 2.31. The number of rotatable bonds is 7. The lowest BCUT2D eigenvalue weighted by Gasteiger charge is -2.24. The molecule has 0 fully saturated rings. The molecule has 0 aliphatic heterocycles. The van der Waals surface area contributed by atoms with Gasteiger partial charge in [-0.05, 0) is 71.4 Å². The van der Waals surface area contributed by atoms with Crippen molar-refractivity contribution in [1.82, 2.24) is 0 Å². The van der Waals surface area contributed by atoms with Gasteiger partial charge in [-0.2, -0.15) is 0 Å². The van der Waals surface area contributed by atoms with Crippen LogP contribution in [0.15, 0.2) is 70.0 Å². The van der Waals surface area contributed by atoms with Gasteiger partial charge >= 0.3 is 0 Å². The average Bonchev–Trinajstić information content (AvgIpc) is 2.75. The number of amides is 1. The molecule has 0 heterocycles. The first-order valence-electron chi connectivity index (χ1n) is 9.29. The fraction of sp³-hybridized carbons (Fsp3) is 0.136. The highest BCUT2D eigenvalue weighted by Gasteiger charge is 2.28. The monoisotopic (exact) mass is 556 g/mol. The maximum Gasteiger partial charge on any atom is 0.264 e. The number of halogens is 3. The minimum atomic E-state index is -4.08. The summed E-state index contributed by atoms with van der Waals surface area (Å²) in [5.41, 5.74) is 1.71. The van der Waals surface area contributed by atoms with E-state index < -0.39 is 22.5 Å². The van der Waals surface area contributed by atoms with Crippen molar-refractivity contribution in [3.05, 3.63) is 80.7 Å². The molecule has 0 aliphatic rings. The second-order valence-electron chi connectivity index (χ2n) is 6.82. The van der Waals surface area contributed by atoms with E-state index in [1.807, 2.05) is 6.92 Å². The van der Waals surface area contributed by atoms with Crippen LogP contribution in [0.1, 0.15) is 5.56 Å². The predicted octanol–water partition coefficient (Wildman–Crippen LogP) is 5.91. The lowest BCUT2D eigenvalue weighted by atomic mass is 10.2. The minimum absolute atomic E-state index is 0.00749. The number of hydrogen-bond acceptors (Lipinski definition) is 4. The molecule has 3 aromatic rings. The standard InChI is InChI=1S/C22H19BrCl2N2O4S/c1-14-3-6-16(7-4-14)27(13-22(28)26-15-5-9-19(24)20(25)11-15)32(29,30)17-8-10-21(31-2)18(23)12-17/h3-12H,13H2,1-2H3,(H,26,28). The van der Waals surface area contributed by atoms with Gasteiger partial charge in [-0.1, -0.05) is 40.9 Å². The third-order valence-corrected chi connectivity index (χ3v) is 7.65. The zero-order chi connectivity index (χ0) is 23.5. The van der Waals surface area contributed by atoms with E-state index in [4.69, 9.17) is 27.9 Å². The van der Waals surface area contributed by atoms with Gasteiger partial charge < -0.3 is 10.1 Å². The number of carbonyl (C=O) groups is 1. The predicted molar refractivity (Wildman–Crippen MR) is 131 cm³/mol. The number of nitrogens with zero attached hydrogens (tertiary/aromatic N) is 1. The van der Waals surface area contributed by atoms with Gasteiger partial charge in [-0.15, -0.1) is 0 Å². The highest BCUT2D eigenvalue weighted by atomic mass is 79.9. The molecule has 0 saturated carbocycles. The zero-order valence-corrected chi connectivity index (χ0v) is 21.0. The van der Waals surface area contributed by atoms with Crippen molar-refractivity contribution in [2.75, 3.05) is 23.3 Å². The van der Waals surface area contributed by atoms with Crippen molar-refractivity contribution in [2.24, 2.45) is 0 Å². The van der Waals surface area contributed by atoms with Crippen LogP contribution in [0, 0.1) is 6.92 Å². The van der Waals surface area contributed by atoms with Crippen molar-refractivity contribution in [1.29, 1.82) is 0 Å². The van der Waals surface area contributed by atoms with E-state index in [0.29, 0.717) is 26.6 Å². The summed E-state index contributed by atoms with van der Waals surface area (Å²) in [4.78, 5) is 12.8. The van der Waals surface area contributed by atoms with E-state index in [0.717, 1.165) is 9.87 Å². The third-order valence-electron chi connectivity index (χ3n) is 4.52. The van der Waals surface area contributed by atoms with E-state index in [1.54, 1.807) is 42.5 Å². The van der Waals surface area contributed by atoms with Gasteiger partial charge in [0.25, 0.3) is 10.0 Å². The van der Waals surface area contributed by atoms with E-state index in [2.05, 4.69) is 21.2 Å². The fourth-order valence-electron chi connectivity index (χ4n) is 2.87. The smallest absolute Gasteiger partial charge is 0.264 e. The molecule has 3 rings (SSSR count). The van der Waals surface area contributed by atoms with E-state index >= 15 is 0 Å². The van der Waals surface area contributed by atoms with E-state index in [9.17, 15) is 13.2 Å². The van der Waals surface area contributed by atoms with Crippen molar-refractivity contribution in [3.8, 4) is 5.75 Å². The Labute approximate surface area is 205 Å². The summed E-state index contributed by atoms with van der Waals surface area (Å²) >= 11 is 15.2. The first kappa shape index (κ1) is 24.4. The number of hydrogen-bond donors (Lipinski definition) is 1. The third kappa shape index (κ3) is 5.56. The van der Waals surface area contributed by atoms with Crippen LogP contribution in [0.3, 0.4) is 0 Å². The second kappa shape index (κ2) is 10.1. The van der Waals surface area contributed by atoms with E-state index in [-0.39, 0.29) is 9.92 Å². The Kier molecular flexibility index (Phi) is 7.71. The van der Waals surface area contributed by atoms with Gasteiger partial charge in [-0.3, -0.25) is 9.10 Å². The Morgan fingerprint density at radius 1 is 1.03 bits per heavy atom. The normalized spacial score (nSPS) is 11.2. The topological polar surface area (TPSA) is 75.7 Å². The summed E-state index contributed by atoms with van der Waals surface area (Å²) < 4.78 is 33.7. The molecule has 168 valence electrons. The summed E-state index contributed by atoms with van der Waals surface area (Å²) in [6.45, 7) is 1.44. The van der Waals surface area contributed by atoms with Gasteiger partial charge in [0.2, 0.25) is 5.91 Å². The number of aryl methyl sites for hydroxylation is 1. The fourth-order valence-corrected chi connectivity index (χ4v) is 5.30. The average molecular weight is 558 g/mol. The molecule has 0 aliphatic carbocycles. The van der Waals surface area contributed by atoms with Crippen LogP contribution in [-0.4, -0.2) is 28.0 Å². The molecule has 3 aromatic carbocycles. The SMILES string of the molecule is COc1ccc(S(=O)(=O)N(CC(=O)Nc2ccc(Cl)c(Cl)c2)c2ccc(C)cc2)cc1Br. The molecule has 0 radical (unpaired) electrons. The summed E-state index contributed by atoms with van der Waals surface area (Å²) in [6, 6.07) is 15.9. The molecule has 10 heteroatoms. The first-order chi connectivity index (χ1) is 15.1. The van der Waals surface area contributed by atoms with Crippen LogP contribution in [-0.2, 0) is 14.8 Å². The number of sulfonamides is 1. The van der Waals surface area contributed by atoms with Crippen molar-refractivity contribution >= 4 is 66.4 Å². The Bertz CT molecular complexity index is 1250. The van der Waals surface area contributed by atoms with Crippen LogP contribution >= 0.6 is 39.1 Å². The summed E-state index contributed by atoms with van der Waals surface area (Å²) in [6.07, 6.45) is 0. The minimum Gasteiger partial charge on any atom is -0.496 e. The number of carbonyl (C=O) groups excluding carboxylic acids is 1. The molecule has 0 bridgehead atoms. The number of methoxy groups -OCH3 is 1. The molecule has 0 unspecified atom stereocenters. The molecule has 1 amide bonds. The number of anilines is 2. The van der Waals surface area contributed by atoms with Crippen LogP contribution in [0.4, 0.5) is 11.4 Å². The number of benzene rings is 3. The van der Waals surface area contributed by atoms with Crippen molar-refractivity contribution in [3.63, 3.8) is 0 Å². The first-order valence-corrected chi connectivity index (χ1v) is 12.3. The second-order valence-corrected chi connectivity index (χ2v) is 10.4. The largest absolute Gasteiger partial charge is 0.496 e. The Morgan fingerprint density at radius 3 is 2.31 bits per heavy atom. The van der Waals surface area contributed by atoms with Crippen LogP contribution in [0.2, 0.25) is 10.0 Å². The molecule has 0 atom stereocenters. The van der Waals surface area contributed by atoms with Gasteiger partial charge in [0.15, 0.2) is 0 Å². The molecule has 0 spiro atoms. The van der Waals surface area contributed by atoms with Crippen LogP contribution in [0.5, 0.6) is 5.75 Å².